The summed E-state index contributed by atoms with van der Waals surface area (Å²) >= 11 is 0. The Balaban J connectivity index is 0.000000186. The molecule has 0 bridgehead atoms. The van der Waals surface area contributed by atoms with Crippen molar-refractivity contribution in [3.63, 3.8) is 0 Å². The Kier molecular flexibility index (Phi) is 12.0. The molecule has 0 radical (unpaired) electrons. The quantitative estimate of drug-likeness (QED) is 0.157. The SMILES string of the molecule is C[C@@H]1OC(c2c(F)cccc2F)=N[C@@H]1c1ccc(-c2ccc(C(F)(F)F)cc2F)cc1.C[C@H]1OC(c2c(F)cccc2F)=N[C@H]1c1ccc(-c2ccc(C(F)(F)F)cc2F)cc1. The van der Waals surface area contributed by atoms with E-state index in [9.17, 15) is 52.7 Å². The minimum absolute atomic E-state index is 0.0212. The zero-order valence-electron chi connectivity index (χ0n) is 32.1. The number of nitrogens with zero attached hydrogens (tertiary/aromatic N) is 2. The molecule has 62 heavy (non-hydrogen) atoms. The van der Waals surface area contributed by atoms with Crippen molar-refractivity contribution in [1.29, 1.82) is 0 Å². The van der Waals surface area contributed by atoms with Crippen LogP contribution in [0.15, 0.2) is 131 Å². The van der Waals surface area contributed by atoms with Crippen LogP contribution < -0.4 is 0 Å². The van der Waals surface area contributed by atoms with Gasteiger partial charge in [-0.25, -0.2) is 36.3 Å². The standard InChI is InChI=1S/2C23H15F6NO/c2*1-12-21(30-22(31-12)20-17(24)3-2-4-18(20)25)14-7-5-13(6-8-14)16-10-9-15(11-19(16)26)23(27,28)29/h2*2-12,21H,1H3/t2*12-,21-/m10/s1. The fourth-order valence-electron chi connectivity index (χ4n) is 6.92. The summed E-state index contributed by atoms with van der Waals surface area (Å²) in [4.78, 5) is 8.61. The molecule has 6 aromatic rings. The molecule has 0 spiro atoms. The molecule has 0 N–H and O–H groups in total. The minimum atomic E-state index is -4.63. The van der Waals surface area contributed by atoms with Crippen molar-refractivity contribution >= 4 is 11.8 Å². The molecule has 4 nitrogen and oxygen atoms in total. The normalized spacial score (nSPS) is 18.6. The van der Waals surface area contributed by atoms with Crippen LogP contribution in [0.2, 0.25) is 0 Å². The zero-order chi connectivity index (χ0) is 44.7. The van der Waals surface area contributed by atoms with Crippen molar-refractivity contribution in [2.45, 2.75) is 50.5 Å². The second-order valence-electron chi connectivity index (χ2n) is 14.2. The maximum absolute atomic E-state index is 14.2. The van der Waals surface area contributed by atoms with Gasteiger partial charge in [0.1, 0.15) is 70.3 Å². The van der Waals surface area contributed by atoms with Crippen LogP contribution in [0.4, 0.5) is 52.7 Å². The van der Waals surface area contributed by atoms with Gasteiger partial charge in [-0.15, -0.1) is 0 Å². The molecule has 6 aromatic carbocycles. The fourth-order valence-corrected chi connectivity index (χ4v) is 6.92. The number of hydrogen-bond donors (Lipinski definition) is 0. The van der Waals surface area contributed by atoms with Gasteiger partial charge in [-0.05, 0) is 84.6 Å². The Morgan fingerprint density at radius 1 is 0.419 bits per heavy atom. The van der Waals surface area contributed by atoms with Gasteiger partial charge in [-0.1, -0.05) is 72.8 Å². The number of benzene rings is 6. The van der Waals surface area contributed by atoms with Crippen LogP contribution in [0.3, 0.4) is 0 Å². The van der Waals surface area contributed by atoms with E-state index in [1.165, 1.54) is 12.1 Å². The molecule has 0 aromatic heterocycles. The lowest BCUT2D eigenvalue weighted by atomic mass is 9.98. The number of alkyl halides is 6. The number of ether oxygens (including phenoxy) is 2. The molecule has 2 aliphatic rings. The Hall–Kier alpha value is -6.58. The van der Waals surface area contributed by atoms with Gasteiger partial charge in [-0.3, -0.25) is 0 Å². The van der Waals surface area contributed by atoms with E-state index in [4.69, 9.17) is 9.47 Å². The van der Waals surface area contributed by atoms with Crippen molar-refractivity contribution in [2.24, 2.45) is 9.98 Å². The van der Waals surface area contributed by atoms with Gasteiger partial charge in [0, 0.05) is 11.1 Å². The van der Waals surface area contributed by atoms with Gasteiger partial charge in [0.05, 0.1) is 11.1 Å². The molecule has 4 atom stereocenters. The third-order valence-corrected chi connectivity index (χ3v) is 10.1. The second-order valence-corrected chi connectivity index (χ2v) is 14.2. The van der Waals surface area contributed by atoms with Crippen molar-refractivity contribution in [2.75, 3.05) is 0 Å². The minimum Gasteiger partial charge on any atom is -0.472 e. The topological polar surface area (TPSA) is 43.2 Å². The maximum atomic E-state index is 14.2. The van der Waals surface area contributed by atoms with Gasteiger partial charge in [0.2, 0.25) is 11.8 Å². The highest BCUT2D eigenvalue weighted by Gasteiger charge is 2.35. The van der Waals surface area contributed by atoms with Gasteiger partial charge < -0.3 is 9.47 Å². The molecule has 0 amide bonds. The Morgan fingerprint density at radius 2 is 0.742 bits per heavy atom. The highest BCUT2D eigenvalue weighted by Crippen LogP contribution is 2.38. The van der Waals surface area contributed by atoms with E-state index in [0.717, 1.165) is 48.5 Å². The van der Waals surface area contributed by atoms with Crippen molar-refractivity contribution in [3.8, 4) is 22.3 Å². The van der Waals surface area contributed by atoms with E-state index < -0.39 is 82.7 Å². The number of halogens is 12. The van der Waals surface area contributed by atoms with Crippen LogP contribution in [-0.2, 0) is 21.8 Å². The van der Waals surface area contributed by atoms with Crippen LogP contribution in [0.5, 0.6) is 0 Å². The van der Waals surface area contributed by atoms with Crippen LogP contribution >= 0.6 is 0 Å². The van der Waals surface area contributed by atoms with Gasteiger partial charge in [0.25, 0.3) is 0 Å². The summed E-state index contributed by atoms with van der Waals surface area (Å²) in [5.74, 6) is -5.44. The predicted molar refractivity (Wildman–Crippen MR) is 206 cm³/mol. The zero-order valence-corrected chi connectivity index (χ0v) is 32.1. The molecule has 0 saturated heterocycles. The molecule has 0 aliphatic carbocycles. The molecule has 0 fully saturated rings. The smallest absolute Gasteiger partial charge is 0.416 e. The number of aliphatic imine (C=N–C) groups is 2. The molecule has 16 heteroatoms. The van der Waals surface area contributed by atoms with E-state index in [-0.39, 0.29) is 34.0 Å². The molecule has 0 saturated carbocycles. The lowest BCUT2D eigenvalue weighted by molar-refractivity contribution is -0.138. The average Bonchev–Trinajstić information content (AvgIpc) is 3.79. The largest absolute Gasteiger partial charge is 0.472 e. The average molecular weight is 871 g/mol. The molecule has 320 valence electrons. The lowest BCUT2D eigenvalue weighted by Crippen LogP contribution is -2.14. The maximum Gasteiger partial charge on any atom is 0.416 e. The van der Waals surface area contributed by atoms with Crippen LogP contribution in [0, 0.1) is 34.9 Å². The van der Waals surface area contributed by atoms with Crippen LogP contribution in [-0.4, -0.2) is 24.0 Å². The summed E-state index contributed by atoms with van der Waals surface area (Å²) < 4.78 is 172. The van der Waals surface area contributed by atoms with Gasteiger partial charge >= 0.3 is 12.4 Å². The van der Waals surface area contributed by atoms with E-state index in [0.29, 0.717) is 34.4 Å². The molecular formula is C46H30F12N2O2. The Morgan fingerprint density at radius 3 is 1.03 bits per heavy atom. The molecule has 2 aliphatic heterocycles. The monoisotopic (exact) mass is 870 g/mol. The second kappa shape index (κ2) is 17.1. The Labute approximate surface area is 345 Å². The first-order valence-corrected chi connectivity index (χ1v) is 18.6. The first-order chi connectivity index (χ1) is 29.3. The predicted octanol–water partition coefficient (Wildman–Crippen LogP) is 13.4. The highest BCUT2D eigenvalue weighted by atomic mass is 19.4. The van der Waals surface area contributed by atoms with E-state index >= 15 is 0 Å². The van der Waals surface area contributed by atoms with Crippen molar-refractivity contribution in [3.05, 3.63) is 190 Å². The van der Waals surface area contributed by atoms with Gasteiger partial charge in [-0.2, -0.15) is 26.3 Å². The van der Waals surface area contributed by atoms with Crippen molar-refractivity contribution < 1.29 is 62.2 Å². The van der Waals surface area contributed by atoms with Crippen molar-refractivity contribution in [1.82, 2.24) is 0 Å². The number of hydrogen-bond acceptors (Lipinski definition) is 4. The molecule has 0 unspecified atom stereocenters. The molecular weight excluding hydrogens is 840 g/mol. The third-order valence-electron chi connectivity index (χ3n) is 10.1. The molecule has 8 rings (SSSR count). The van der Waals surface area contributed by atoms with Crippen LogP contribution in [0.25, 0.3) is 22.3 Å². The van der Waals surface area contributed by atoms with Gasteiger partial charge in [0.15, 0.2) is 0 Å². The fraction of sp³-hybridized carbons (Fsp3) is 0.174. The van der Waals surface area contributed by atoms with E-state index in [1.807, 2.05) is 0 Å². The summed E-state index contributed by atoms with van der Waals surface area (Å²) in [6.45, 7) is 3.40. The summed E-state index contributed by atoms with van der Waals surface area (Å²) in [5.41, 5.74) is -0.724. The van der Waals surface area contributed by atoms with E-state index in [1.54, 1.807) is 62.4 Å². The third kappa shape index (κ3) is 9.04. The Bertz CT molecular complexity index is 2450. The highest BCUT2D eigenvalue weighted by molar-refractivity contribution is 5.96. The number of rotatable bonds is 6. The van der Waals surface area contributed by atoms with Crippen LogP contribution in [0.1, 0.15) is 59.3 Å². The lowest BCUT2D eigenvalue weighted by Gasteiger charge is -2.14. The molecule has 2 heterocycles. The summed E-state index contributed by atoms with van der Waals surface area (Å²) in [6, 6.07) is 23.2. The van der Waals surface area contributed by atoms with E-state index in [2.05, 4.69) is 9.98 Å². The summed E-state index contributed by atoms with van der Waals surface area (Å²) in [5, 5.41) is 0. The first-order valence-electron chi connectivity index (χ1n) is 18.6. The first kappa shape index (κ1) is 43.5. The summed E-state index contributed by atoms with van der Waals surface area (Å²) in [7, 11) is 0. The summed E-state index contributed by atoms with van der Waals surface area (Å²) in [6.07, 6.45) is -10.3.